The molecule has 1 N–H and O–H groups in total. The van der Waals surface area contributed by atoms with Gasteiger partial charge >= 0.3 is 25.0 Å². The molecule has 7 heteroatoms. The van der Waals surface area contributed by atoms with Crippen molar-refractivity contribution in [1.29, 1.82) is 0 Å². The zero-order valence-corrected chi connectivity index (χ0v) is 8.36. The third-order valence-corrected chi connectivity index (χ3v) is 1.21. The predicted molar refractivity (Wildman–Crippen MR) is 51.4 cm³/mol. The minimum absolute atomic E-state index is 0. The molecule has 0 heterocycles. The quantitative estimate of drug-likeness (QED) is 0.600. The number of carbonyl (C=O) groups is 1. The van der Waals surface area contributed by atoms with Crippen LogP contribution in [0.5, 0.6) is 0 Å². The van der Waals surface area contributed by atoms with Gasteiger partial charge in [-0.3, -0.25) is 0 Å². The van der Waals surface area contributed by atoms with Gasteiger partial charge in [0.1, 0.15) is 5.60 Å². The van der Waals surface area contributed by atoms with Crippen LogP contribution in [0.15, 0.2) is 0 Å². The second-order valence-electron chi connectivity index (χ2n) is 3.38. The Bertz CT molecular complexity index is 267. The molecule has 0 bridgehead atoms. The van der Waals surface area contributed by atoms with Gasteiger partial charge in [-0.05, 0) is 20.8 Å². The zero-order valence-electron chi connectivity index (χ0n) is 7.54. The van der Waals surface area contributed by atoms with Crippen molar-refractivity contribution in [1.82, 2.24) is 4.72 Å². The molecule has 0 aromatic heterocycles. The molecule has 0 radical (unpaired) electrons. The van der Waals surface area contributed by atoms with Gasteiger partial charge in [0.05, 0.1) is 6.26 Å². The molecule has 0 rings (SSSR count). The van der Waals surface area contributed by atoms with Crippen LogP contribution in [0.3, 0.4) is 0 Å². The van der Waals surface area contributed by atoms with Crippen LogP contribution in [0.25, 0.3) is 0 Å². The molecule has 0 fully saturated rings. The third-order valence-electron chi connectivity index (χ3n) is 0.668. The maximum absolute atomic E-state index is 10.8. The number of amides is 1. The van der Waals surface area contributed by atoms with Gasteiger partial charge in [-0.15, -0.1) is 0 Å². The Kier molecular flexibility index (Phi) is 5.75. The average Bonchev–Trinajstić information content (AvgIpc) is 1.49. The van der Waals surface area contributed by atoms with E-state index in [1.807, 2.05) is 0 Å². The molecule has 0 aromatic carbocycles. The van der Waals surface area contributed by atoms with E-state index in [9.17, 15) is 13.2 Å². The van der Waals surface area contributed by atoms with Crippen molar-refractivity contribution in [3.05, 3.63) is 0 Å². The second kappa shape index (κ2) is 4.89. The molecule has 13 heavy (non-hydrogen) atoms. The van der Waals surface area contributed by atoms with Crippen LogP contribution in [0.1, 0.15) is 20.8 Å². The molecule has 0 saturated carbocycles. The molecule has 0 aromatic rings. The van der Waals surface area contributed by atoms with Crippen molar-refractivity contribution in [2.75, 3.05) is 6.26 Å². The van der Waals surface area contributed by atoms with E-state index in [4.69, 9.17) is 0 Å². The summed E-state index contributed by atoms with van der Waals surface area (Å²) in [6.45, 7) is 4.94. The van der Waals surface area contributed by atoms with Crippen LogP contribution in [0.2, 0.25) is 0 Å². The fourth-order valence-corrected chi connectivity index (χ4v) is 0.795. The van der Waals surface area contributed by atoms with Gasteiger partial charge in [-0.2, -0.15) is 0 Å². The molecular formula is C6H14LiNO4S. The summed E-state index contributed by atoms with van der Waals surface area (Å²) in [5.41, 5.74) is -0.686. The van der Waals surface area contributed by atoms with E-state index in [2.05, 4.69) is 4.74 Å². The van der Waals surface area contributed by atoms with Gasteiger partial charge in [0.15, 0.2) is 0 Å². The van der Waals surface area contributed by atoms with E-state index in [0.717, 1.165) is 6.26 Å². The first kappa shape index (κ1) is 15.3. The minimum atomic E-state index is -3.52. The Morgan fingerprint density at radius 1 is 1.31 bits per heavy atom. The average molecular weight is 203 g/mol. The van der Waals surface area contributed by atoms with Crippen LogP contribution in [0, 0.1) is 0 Å². The monoisotopic (exact) mass is 203 g/mol. The van der Waals surface area contributed by atoms with Crippen LogP contribution in [-0.4, -0.2) is 45.2 Å². The molecule has 0 aliphatic heterocycles. The summed E-state index contributed by atoms with van der Waals surface area (Å²) >= 11 is 0. The first-order chi connectivity index (χ1) is 5.10. The number of sulfonamides is 1. The molecule has 0 aliphatic rings. The number of nitrogens with one attached hydrogen (secondary N) is 1. The summed E-state index contributed by atoms with van der Waals surface area (Å²) in [7, 11) is -3.52. The number of hydrogen-bond acceptors (Lipinski definition) is 4. The molecule has 0 spiro atoms. The van der Waals surface area contributed by atoms with Gasteiger partial charge < -0.3 is 4.74 Å². The standard InChI is InChI=1S/C6H13NO4S.Li.H/c1-6(2,3)11-5(8)7-12(4,9)10;;/h1-4H3,(H,7,8);;. The van der Waals surface area contributed by atoms with Crippen LogP contribution >= 0.6 is 0 Å². The first-order valence-corrected chi connectivity index (χ1v) is 5.20. The van der Waals surface area contributed by atoms with Crippen molar-refractivity contribution in [3.8, 4) is 0 Å². The maximum atomic E-state index is 10.8. The predicted octanol–water partition coefficient (Wildman–Crippen LogP) is -0.178. The van der Waals surface area contributed by atoms with E-state index in [1.54, 1.807) is 25.5 Å². The molecule has 0 atom stereocenters. The molecule has 5 nitrogen and oxygen atoms in total. The van der Waals surface area contributed by atoms with E-state index < -0.39 is 21.7 Å². The summed E-state index contributed by atoms with van der Waals surface area (Å²) in [5, 5.41) is 0. The number of rotatable bonds is 1. The molecule has 0 saturated heterocycles. The van der Waals surface area contributed by atoms with E-state index in [1.165, 1.54) is 0 Å². The summed E-state index contributed by atoms with van der Waals surface area (Å²) in [4.78, 5) is 10.8. The number of hydrogen-bond donors (Lipinski definition) is 1. The Hall–Kier alpha value is -0.183. The van der Waals surface area contributed by atoms with Gasteiger partial charge in [0.25, 0.3) is 0 Å². The van der Waals surface area contributed by atoms with Crippen molar-refractivity contribution in [3.63, 3.8) is 0 Å². The molecule has 74 valence electrons. The second-order valence-corrected chi connectivity index (χ2v) is 5.12. The summed E-state index contributed by atoms with van der Waals surface area (Å²) in [6, 6.07) is 0. The summed E-state index contributed by atoms with van der Waals surface area (Å²) in [6.07, 6.45) is -0.0679. The molecule has 1 amide bonds. The van der Waals surface area contributed by atoms with Crippen molar-refractivity contribution in [2.24, 2.45) is 0 Å². The normalized spacial score (nSPS) is 11.4. The fourth-order valence-electron chi connectivity index (χ4n) is 0.450. The van der Waals surface area contributed by atoms with Crippen LogP contribution < -0.4 is 4.72 Å². The Morgan fingerprint density at radius 3 is 1.92 bits per heavy atom. The van der Waals surface area contributed by atoms with Crippen LogP contribution in [0.4, 0.5) is 4.79 Å². The van der Waals surface area contributed by atoms with Gasteiger partial charge in [0, 0.05) is 0 Å². The number of carbonyl (C=O) groups excluding carboxylic acids is 1. The topological polar surface area (TPSA) is 72.5 Å². The molecule has 0 unspecified atom stereocenters. The fraction of sp³-hybridized carbons (Fsp3) is 0.833. The Balaban J connectivity index is 0. The van der Waals surface area contributed by atoms with E-state index >= 15 is 0 Å². The zero-order chi connectivity index (χ0) is 9.99. The first-order valence-electron chi connectivity index (χ1n) is 3.31. The van der Waals surface area contributed by atoms with Crippen molar-refractivity contribution < 1.29 is 17.9 Å². The third kappa shape index (κ3) is 11.8. The summed E-state index contributed by atoms with van der Waals surface area (Å²) < 4.78 is 27.4. The van der Waals surface area contributed by atoms with Gasteiger partial charge in [-0.1, -0.05) is 0 Å². The number of ether oxygens (including phenoxy) is 1. The SMILES string of the molecule is CC(C)(C)OC(=O)NS(C)(=O)=O.[LiH]. The molecule has 0 aliphatic carbocycles. The Morgan fingerprint density at radius 2 is 1.69 bits per heavy atom. The van der Waals surface area contributed by atoms with E-state index in [-0.39, 0.29) is 18.9 Å². The Labute approximate surface area is 90.4 Å². The van der Waals surface area contributed by atoms with Gasteiger partial charge in [-0.25, -0.2) is 17.9 Å². The van der Waals surface area contributed by atoms with E-state index in [0.29, 0.717) is 0 Å². The summed E-state index contributed by atoms with van der Waals surface area (Å²) in [5.74, 6) is 0. The van der Waals surface area contributed by atoms with Crippen LogP contribution in [-0.2, 0) is 14.8 Å². The molecular weight excluding hydrogens is 189 g/mol. The van der Waals surface area contributed by atoms with Gasteiger partial charge in [0.2, 0.25) is 10.0 Å². The van der Waals surface area contributed by atoms with Crippen molar-refractivity contribution >= 4 is 35.0 Å². The van der Waals surface area contributed by atoms with Crippen molar-refractivity contribution in [2.45, 2.75) is 26.4 Å².